The van der Waals surface area contributed by atoms with Gasteiger partial charge in [0.25, 0.3) is 0 Å². The summed E-state index contributed by atoms with van der Waals surface area (Å²) in [6.07, 6.45) is 5.17. The third-order valence-electron chi connectivity index (χ3n) is 3.57. The summed E-state index contributed by atoms with van der Waals surface area (Å²) in [6, 6.07) is 0. The molecule has 1 saturated heterocycles. The van der Waals surface area contributed by atoms with E-state index < -0.39 is 5.92 Å². The van der Waals surface area contributed by atoms with Crippen LogP contribution in [-0.4, -0.2) is 42.9 Å². The van der Waals surface area contributed by atoms with Crippen LogP contribution in [0.1, 0.15) is 26.7 Å². The predicted molar refractivity (Wildman–Crippen MR) is 72.6 cm³/mol. The molecule has 1 heterocycles. The van der Waals surface area contributed by atoms with Crippen molar-refractivity contribution in [1.82, 2.24) is 4.90 Å². The minimum atomic E-state index is -0.463. The molecule has 2 rings (SSSR count). The molecule has 2 aliphatic rings. The molecule has 0 radical (unpaired) electrons. The smallest absolute Gasteiger partial charge is 0.233 e. The van der Waals surface area contributed by atoms with Crippen molar-refractivity contribution in [3.05, 3.63) is 23.3 Å². The first-order chi connectivity index (χ1) is 9.09. The average Bonchev–Trinajstić information content (AvgIpc) is 2.78. The number of ketones is 1. The first-order valence-electron chi connectivity index (χ1n) is 6.84. The minimum absolute atomic E-state index is 0.00833. The SMILES string of the molecule is CC(C)=C/C=C1\CCC(C(=O)N2CCOCC2)C1=O. The molecule has 2 fully saturated rings. The summed E-state index contributed by atoms with van der Waals surface area (Å²) in [7, 11) is 0. The predicted octanol–water partition coefficient (Wildman–Crippen LogP) is 1.72. The lowest BCUT2D eigenvalue weighted by Crippen LogP contribution is -2.44. The Morgan fingerprint density at radius 3 is 2.63 bits per heavy atom. The molecule has 4 nitrogen and oxygen atoms in total. The van der Waals surface area contributed by atoms with E-state index in [0.717, 1.165) is 11.1 Å². The van der Waals surface area contributed by atoms with Crippen molar-refractivity contribution in [3.8, 4) is 0 Å². The van der Waals surface area contributed by atoms with Crippen LogP contribution in [0.25, 0.3) is 0 Å². The van der Waals surface area contributed by atoms with Gasteiger partial charge in [-0.25, -0.2) is 0 Å². The molecular formula is C15H21NO3. The molecular weight excluding hydrogens is 242 g/mol. The lowest BCUT2D eigenvalue weighted by Gasteiger charge is -2.28. The van der Waals surface area contributed by atoms with E-state index in [9.17, 15) is 9.59 Å². The summed E-state index contributed by atoms with van der Waals surface area (Å²) in [5.41, 5.74) is 1.94. The lowest BCUT2D eigenvalue weighted by atomic mass is 10.0. The van der Waals surface area contributed by atoms with E-state index >= 15 is 0 Å². The molecule has 1 saturated carbocycles. The van der Waals surface area contributed by atoms with E-state index in [1.807, 2.05) is 26.0 Å². The summed E-state index contributed by atoms with van der Waals surface area (Å²) in [4.78, 5) is 26.3. The van der Waals surface area contributed by atoms with Crippen molar-refractivity contribution in [2.24, 2.45) is 5.92 Å². The summed E-state index contributed by atoms with van der Waals surface area (Å²) in [6.45, 7) is 6.35. The number of Topliss-reactive ketones (excluding diaryl/α,β-unsaturated/α-hetero) is 1. The first-order valence-corrected chi connectivity index (χ1v) is 6.84. The fraction of sp³-hybridized carbons (Fsp3) is 0.600. The van der Waals surface area contributed by atoms with Crippen LogP contribution >= 0.6 is 0 Å². The Morgan fingerprint density at radius 1 is 1.32 bits per heavy atom. The summed E-state index contributed by atoms with van der Waals surface area (Å²) < 4.78 is 5.23. The van der Waals surface area contributed by atoms with Gasteiger partial charge in [-0.2, -0.15) is 0 Å². The van der Waals surface area contributed by atoms with E-state index in [1.54, 1.807) is 4.90 Å². The standard InChI is InChI=1S/C15H21NO3/c1-11(2)3-4-12-5-6-13(14(12)17)15(18)16-7-9-19-10-8-16/h3-4,13H,5-10H2,1-2H3/b12-4+. The van der Waals surface area contributed by atoms with Gasteiger partial charge >= 0.3 is 0 Å². The number of carbonyl (C=O) groups is 2. The quantitative estimate of drug-likeness (QED) is 0.563. The van der Waals surface area contributed by atoms with Gasteiger partial charge < -0.3 is 9.64 Å². The van der Waals surface area contributed by atoms with Gasteiger partial charge in [0.1, 0.15) is 5.92 Å². The Bertz CT molecular complexity index is 427. The van der Waals surface area contributed by atoms with Crippen molar-refractivity contribution in [2.45, 2.75) is 26.7 Å². The molecule has 0 aromatic heterocycles. The molecule has 0 N–H and O–H groups in total. The van der Waals surface area contributed by atoms with Gasteiger partial charge in [0, 0.05) is 13.1 Å². The number of hydrogen-bond donors (Lipinski definition) is 0. The molecule has 1 aliphatic carbocycles. The van der Waals surface area contributed by atoms with Crippen LogP contribution in [-0.2, 0) is 14.3 Å². The number of rotatable bonds is 2. The van der Waals surface area contributed by atoms with Crippen LogP contribution in [0.4, 0.5) is 0 Å². The molecule has 1 atom stereocenters. The van der Waals surface area contributed by atoms with Crippen LogP contribution in [0.15, 0.2) is 23.3 Å². The summed E-state index contributed by atoms with van der Waals surface area (Å²) >= 11 is 0. The minimum Gasteiger partial charge on any atom is -0.378 e. The molecule has 0 spiro atoms. The Balaban J connectivity index is 2.03. The second-order valence-corrected chi connectivity index (χ2v) is 5.33. The highest BCUT2D eigenvalue weighted by atomic mass is 16.5. The fourth-order valence-corrected chi connectivity index (χ4v) is 2.45. The molecule has 1 unspecified atom stereocenters. The van der Waals surface area contributed by atoms with Crippen LogP contribution in [0.5, 0.6) is 0 Å². The lowest BCUT2D eigenvalue weighted by molar-refractivity contribution is -0.142. The summed E-state index contributed by atoms with van der Waals surface area (Å²) in [5, 5.41) is 0. The maximum atomic E-state index is 12.3. The van der Waals surface area contributed by atoms with Crippen LogP contribution < -0.4 is 0 Å². The van der Waals surface area contributed by atoms with Crippen LogP contribution in [0, 0.1) is 5.92 Å². The largest absolute Gasteiger partial charge is 0.378 e. The monoisotopic (exact) mass is 263 g/mol. The van der Waals surface area contributed by atoms with Crippen LogP contribution in [0.2, 0.25) is 0 Å². The van der Waals surface area contributed by atoms with E-state index in [4.69, 9.17) is 4.74 Å². The Kier molecular flexibility index (Phi) is 4.53. The number of carbonyl (C=O) groups excluding carboxylic acids is 2. The fourth-order valence-electron chi connectivity index (χ4n) is 2.45. The highest BCUT2D eigenvalue weighted by molar-refractivity contribution is 6.11. The highest BCUT2D eigenvalue weighted by Crippen LogP contribution is 2.28. The molecule has 1 aliphatic heterocycles. The molecule has 0 aromatic carbocycles. The zero-order chi connectivity index (χ0) is 13.8. The zero-order valence-corrected chi connectivity index (χ0v) is 11.6. The molecule has 4 heteroatoms. The molecule has 104 valence electrons. The van der Waals surface area contributed by atoms with Gasteiger partial charge in [-0.3, -0.25) is 9.59 Å². The van der Waals surface area contributed by atoms with Crippen molar-refractivity contribution in [2.75, 3.05) is 26.3 Å². The van der Waals surface area contributed by atoms with Gasteiger partial charge in [0.2, 0.25) is 5.91 Å². The van der Waals surface area contributed by atoms with E-state index in [0.29, 0.717) is 39.1 Å². The number of morpholine rings is 1. The number of hydrogen-bond acceptors (Lipinski definition) is 3. The van der Waals surface area contributed by atoms with Gasteiger partial charge in [-0.15, -0.1) is 0 Å². The van der Waals surface area contributed by atoms with Gasteiger partial charge in [0.05, 0.1) is 13.2 Å². The Morgan fingerprint density at radius 2 is 2.00 bits per heavy atom. The molecule has 0 bridgehead atoms. The van der Waals surface area contributed by atoms with Gasteiger partial charge in [0.15, 0.2) is 5.78 Å². The summed E-state index contributed by atoms with van der Waals surface area (Å²) in [5.74, 6) is -0.474. The second kappa shape index (κ2) is 6.15. The molecule has 1 amide bonds. The van der Waals surface area contributed by atoms with Gasteiger partial charge in [-0.1, -0.05) is 17.7 Å². The highest BCUT2D eigenvalue weighted by Gasteiger charge is 2.37. The molecule has 0 aromatic rings. The maximum Gasteiger partial charge on any atom is 0.233 e. The van der Waals surface area contributed by atoms with Crippen molar-refractivity contribution < 1.29 is 14.3 Å². The number of nitrogens with zero attached hydrogens (tertiary/aromatic N) is 1. The van der Waals surface area contributed by atoms with Gasteiger partial charge in [-0.05, 0) is 32.3 Å². The third kappa shape index (κ3) is 3.32. The van der Waals surface area contributed by atoms with Crippen molar-refractivity contribution in [3.63, 3.8) is 0 Å². The van der Waals surface area contributed by atoms with E-state index in [2.05, 4.69) is 0 Å². The Labute approximate surface area is 114 Å². The zero-order valence-electron chi connectivity index (χ0n) is 11.6. The number of ether oxygens (including phenoxy) is 1. The molecule has 19 heavy (non-hydrogen) atoms. The van der Waals surface area contributed by atoms with Crippen molar-refractivity contribution >= 4 is 11.7 Å². The number of amides is 1. The van der Waals surface area contributed by atoms with Crippen LogP contribution in [0.3, 0.4) is 0 Å². The Hall–Kier alpha value is -1.42. The number of allylic oxidation sites excluding steroid dienone is 4. The normalized spacial score (nSPS) is 25.8. The average molecular weight is 263 g/mol. The van der Waals surface area contributed by atoms with E-state index in [1.165, 1.54) is 0 Å². The second-order valence-electron chi connectivity index (χ2n) is 5.33. The third-order valence-corrected chi connectivity index (χ3v) is 3.57. The maximum absolute atomic E-state index is 12.3. The topological polar surface area (TPSA) is 46.6 Å². The first kappa shape index (κ1) is 14.0. The van der Waals surface area contributed by atoms with Crippen molar-refractivity contribution in [1.29, 1.82) is 0 Å². The van der Waals surface area contributed by atoms with E-state index in [-0.39, 0.29) is 11.7 Å².